The minimum Gasteiger partial charge on any atom is -0.463 e. The molecule has 1 saturated heterocycles. The first kappa shape index (κ1) is 9.97. The lowest BCUT2D eigenvalue weighted by atomic mass is 9.78. The molecule has 2 fully saturated rings. The van der Waals surface area contributed by atoms with Gasteiger partial charge < -0.3 is 10.1 Å². The van der Waals surface area contributed by atoms with E-state index in [1.807, 2.05) is 0 Å². The molecule has 1 N–H and O–H groups in total. The number of hydrogen-bond donors (Lipinski definition) is 1. The normalized spacial score (nSPS) is 37.4. The van der Waals surface area contributed by atoms with E-state index < -0.39 is 0 Å². The quantitative estimate of drug-likeness (QED) is 0.647. The first-order valence-corrected chi connectivity index (χ1v) is 5.66. The van der Waals surface area contributed by atoms with Gasteiger partial charge in [0.05, 0.1) is 0 Å². The average molecular weight is 197 g/mol. The molecule has 0 spiro atoms. The molecule has 14 heavy (non-hydrogen) atoms. The Balaban J connectivity index is 1.86. The fourth-order valence-electron chi connectivity index (χ4n) is 2.78. The fourth-order valence-corrected chi connectivity index (χ4v) is 2.78. The van der Waals surface area contributed by atoms with E-state index in [0.717, 1.165) is 25.3 Å². The van der Waals surface area contributed by atoms with Gasteiger partial charge in [-0.3, -0.25) is 4.79 Å². The molecule has 1 saturated carbocycles. The van der Waals surface area contributed by atoms with Gasteiger partial charge in [-0.1, -0.05) is 0 Å². The highest BCUT2D eigenvalue weighted by Crippen LogP contribution is 2.31. The summed E-state index contributed by atoms with van der Waals surface area (Å²) in [5.41, 5.74) is 0. The second-order valence-corrected chi connectivity index (χ2v) is 4.51. The number of ether oxygens (including phenoxy) is 1. The van der Waals surface area contributed by atoms with Crippen LogP contribution < -0.4 is 5.32 Å². The van der Waals surface area contributed by atoms with E-state index in [1.165, 1.54) is 26.2 Å². The Morgan fingerprint density at radius 2 is 2.21 bits per heavy atom. The molecule has 1 heterocycles. The number of rotatable bonds is 1. The maximum Gasteiger partial charge on any atom is 0.302 e. The van der Waals surface area contributed by atoms with E-state index in [-0.39, 0.29) is 12.1 Å². The molecule has 2 rings (SSSR count). The van der Waals surface area contributed by atoms with Crippen molar-refractivity contribution in [3.05, 3.63) is 0 Å². The van der Waals surface area contributed by atoms with E-state index in [1.54, 1.807) is 0 Å². The maximum atomic E-state index is 10.8. The summed E-state index contributed by atoms with van der Waals surface area (Å²) >= 11 is 0. The predicted octanol–water partition coefficient (Wildman–Crippen LogP) is 1.47. The minimum atomic E-state index is -0.135. The van der Waals surface area contributed by atoms with Crippen LogP contribution in [0.3, 0.4) is 0 Å². The van der Waals surface area contributed by atoms with Crippen LogP contribution in [0.2, 0.25) is 0 Å². The van der Waals surface area contributed by atoms with Crippen molar-refractivity contribution in [1.82, 2.24) is 5.32 Å². The third-order valence-corrected chi connectivity index (χ3v) is 3.44. The molecule has 1 aliphatic carbocycles. The minimum absolute atomic E-state index is 0.135. The number of nitrogens with one attached hydrogen (secondary N) is 1. The summed E-state index contributed by atoms with van der Waals surface area (Å²) in [5, 5.41) is 3.53. The fraction of sp³-hybridized carbons (Fsp3) is 0.909. The van der Waals surface area contributed by atoms with Gasteiger partial charge in [0, 0.05) is 13.0 Å². The van der Waals surface area contributed by atoms with Gasteiger partial charge in [0.15, 0.2) is 0 Å². The lowest BCUT2D eigenvalue weighted by Crippen LogP contribution is -2.47. The van der Waals surface area contributed by atoms with E-state index in [4.69, 9.17) is 4.74 Å². The summed E-state index contributed by atoms with van der Waals surface area (Å²) in [5.74, 6) is 0.694. The number of carbonyl (C=O) groups is 1. The summed E-state index contributed by atoms with van der Waals surface area (Å²) in [6, 6.07) is 0.599. The highest BCUT2D eigenvalue weighted by Gasteiger charge is 2.33. The Morgan fingerprint density at radius 3 is 3.00 bits per heavy atom. The molecular formula is C11H19NO2. The smallest absolute Gasteiger partial charge is 0.302 e. The van der Waals surface area contributed by atoms with Crippen molar-refractivity contribution in [2.75, 3.05) is 6.54 Å². The number of piperidine rings is 1. The number of esters is 1. The third-order valence-electron chi connectivity index (χ3n) is 3.44. The van der Waals surface area contributed by atoms with Crippen molar-refractivity contribution in [2.45, 2.75) is 51.2 Å². The molecule has 0 aromatic heterocycles. The topological polar surface area (TPSA) is 38.3 Å². The first-order chi connectivity index (χ1) is 6.75. The molecule has 0 bridgehead atoms. The average Bonchev–Trinajstić information content (AvgIpc) is 2.17. The summed E-state index contributed by atoms with van der Waals surface area (Å²) < 4.78 is 5.26. The van der Waals surface area contributed by atoms with Gasteiger partial charge in [-0.15, -0.1) is 0 Å². The molecule has 80 valence electrons. The molecule has 0 unspecified atom stereocenters. The first-order valence-electron chi connectivity index (χ1n) is 5.66. The van der Waals surface area contributed by atoms with Crippen LogP contribution in [0.1, 0.15) is 39.0 Å². The summed E-state index contributed by atoms with van der Waals surface area (Å²) in [6.45, 7) is 2.63. The van der Waals surface area contributed by atoms with Crippen LogP contribution in [-0.4, -0.2) is 24.7 Å². The zero-order chi connectivity index (χ0) is 9.97. The number of carbonyl (C=O) groups excluding carboxylic acids is 1. The van der Waals surface area contributed by atoms with Crippen molar-refractivity contribution in [3.8, 4) is 0 Å². The van der Waals surface area contributed by atoms with Crippen LogP contribution in [0.5, 0.6) is 0 Å². The van der Waals surface area contributed by atoms with Crippen LogP contribution in [0, 0.1) is 5.92 Å². The van der Waals surface area contributed by atoms with E-state index >= 15 is 0 Å². The molecule has 3 atom stereocenters. The third kappa shape index (κ3) is 2.27. The maximum absolute atomic E-state index is 10.8. The van der Waals surface area contributed by atoms with Gasteiger partial charge in [-0.05, 0) is 44.6 Å². The largest absolute Gasteiger partial charge is 0.463 e. The number of hydrogen-bond acceptors (Lipinski definition) is 3. The van der Waals surface area contributed by atoms with Gasteiger partial charge in [0.25, 0.3) is 0 Å². The van der Waals surface area contributed by atoms with Crippen LogP contribution in [-0.2, 0) is 9.53 Å². The van der Waals surface area contributed by atoms with Crippen molar-refractivity contribution in [2.24, 2.45) is 5.92 Å². The zero-order valence-electron chi connectivity index (χ0n) is 8.79. The van der Waals surface area contributed by atoms with Crippen LogP contribution in [0.4, 0.5) is 0 Å². The summed E-state index contributed by atoms with van der Waals surface area (Å²) in [4.78, 5) is 10.8. The van der Waals surface area contributed by atoms with Gasteiger partial charge in [0.1, 0.15) is 6.10 Å². The van der Waals surface area contributed by atoms with Gasteiger partial charge in [0.2, 0.25) is 0 Å². The van der Waals surface area contributed by atoms with E-state index in [2.05, 4.69) is 5.32 Å². The van der Waals surface area contributed by atoms with Crippen molar-refractivity contribution >= 4 is 5.97 Å². The van der Waals surface area contributed by atoms with Crippen LogP contribution in [0.15, 0.2) is 0 Å². The lowest BCUT2D eigenvalue weighted by molar-refractivity contribution is -0.148. The lowest BCUT2D eigenvalue weighted by Gasteiger charge is -2.39. The second-order valence-electron chi connectivity index (χ2n) is 4.51. The molecule has 0 radical (unpaired) electrons. The van der Waals surface area contributed by atoms with Gasteiger partial charge >= 0.3 is 5.97 Å². The molecule has 0 aromatic carbocycles. The van der Waals surface area contributed by atoms with Crippen LogP contribution in [0.25, 0.3) is 0 Å². The highest BCUT2D eigenvalue weighted by molar-refractivity contribution is 5.66. The molecule has 0 amide bonds. The Bertz CT molecular complexity index is 217. The van der Waals surface area contributed by atoms with Crippen molar-refractivity contribution < 1.29 is 9.53 Å². The molecule has 0 aromatic rings. The molecule has 1 aliphatic heterocycles. The van der Waals surface area contributed by atoms with E-state index in [0.29, 0.717) is 6.04 Å². The monoisotopic (exact) mass is 197 g/mol. The highest BCUT2D eigenvalue weighted by atomic mass is 16.5. The summed E-state index contributed by atoms with van der Waals surface area (Å²) in [6.07, 6.45) is 6.12. The standard InChI is InChI=1S/C11H19NO2/c1-8(13)14-10-5-4-9-3-2-6-12-11(9)7-10/h9-12H,2-7H2,1H3/t9-,10-,11-/m1/s1. The molecular weight excluding hydrogens is 178 g/mol. The molecule has 3 nitrogen and oxygen atoms in total. The van der Waals surface area contributed by atoms with Gasteiger partial charge in [-0.25, -0.2) is 0 Å². The van der Waals surface area contributed by atoms with Crippen molar-refractivity contribution in [3.63, 3.8) is 0 Å². The second kappa shape index (κ2) is 4.30. The Hall–Kier alpha value is -0.570. The van der Waals surface area contributed by atoms with Crippen LogP contribution >= 0.6 is 0 Å². The van der Waals surface area contributed by atoms with E-state index in [9.17, 15) is 4.79 Å². The van der Waals surface area contributed by atoms with Gasteiger partial charge in [-0.2, -0.15) is 0 Å². The Kier molecular flexibility index (Phi) is 3.06. The van der Waals surface area contributed by atoms with Crippen molar-refractivity contribution in [1.29, 1.82) is 0 Å². The Labute approximate surface area is 85.2 Å². The SMILES string of the molecule is CC(=O)O[C@@H]1CC[C@H]2CCCN[C@@H]2C1. The Morgan fingerprint density at radius 1 is 1.36 bits per heavy atom. The molecule has 2 aliphatic rings. The number of fused-ring (bicyclic) bond motifs is 1. The summed E-state index contributed by atoms with van der Waals surface area (Å²) in [7, 11) is 0. The predicted molar refractivity (Wildman–Crippen MR) is 53.9 cm³/mol. The molecule has 3 heteroatoms. The zero-order valence-corrected chi connectivity index (χ0v) is 8.79.